The molecule has 17 heavy (non-hydrogen) atoms. The highest BCUT2D eigenvalue weighted by Gasteiger charge is 2.12. The average molecular weight is 236 g/mol. The number of anilines is 2. The molecule has 0 saturated carbocycles. The van der Waals surface area contributed by atoms with E-state index in [1.54, 1.807) is 0 Å². The summed E-state index contributed by atoms with van der Waals surface area (Å²) < 4.78 is 5.33. The molecule has 1 aliphatic rings. The second-order valence-corrected chi connectivity index (χ2v) is 4.12. The fraction of sp³-hybridized carbons (Fsp3) is 0.667. The van der Waals surface area contributed by atoms with E-state index in [4.69, 9.17) is 4.74 Å². The van der Waals surface area contributed by atoms with Crippen LogP contribution in [0.5, 0.6) is 0 Å². The van der Waals surface area contributed by atoms with Crippen molar-refractivity contribution in [1.82, 2.24) is 9.97 Å². The van der Waals surface area contributed by atoms with Crippen molar-refractivity contribution in [2.75, 3.05) is 43.1 Å². The van der Waals surface area contributed by atoms with Gasteiger partial charge in [0.15, 0.2) is 0 Å². The Morgan fingerprint density at radius 2 is 2.24 bits per heavy atom. The lowest BCUT2D eigenvalue weighted by Crippen LogP contribution is -2.36. The van der Waals surface area contributed by atoms with Crippen LogP contribution in [0.2, 0.25) is 0 Å². The molecule has 1 aromatic heterocycles. The number of aromatic nitrogens is 2. The molecule has 94 valence electrons. The van der Waals surface area contributed by atoms with Gasteiger partial charge in [0.25, 0.3) is 0 Å². The Morgan fingerprint density at radius 1 is 1.41 bits per heavy atom. The highest BCUT2D eigenvalue weighted by Crippen LogP contribution is 2.13. The summed E-state index contributed by atoms with van der Waals surface area (Å²) in [5.74, 6) is 1.71. The van der Waals surface area contributed by atoms with Gasteiger partial charge in [-0.25, -0.2) is 4.98 Å². The van der Waals surface area contributed by atoms with E-state index in [2.05, 4.69) is 27.1 Å². The van der Waals surface area contributed by atoms with Gasteiger partial charge in [-0.1, -0.05) is 13.3 Å². The molecule has 0 bridgehead atoms. The second kappa shape index (κ2) is 6.39. The van der Waals surface area contributed by atoms with Crippen molar-refractivity contribution in [3.63, 3.8) is 0 Å². The first-order chi connectivity index (χ1) is 8.40. The van der Waals surface area contributed by atoms with Gasteiger partial charge >= 0.3 is 0 Å². The Balaban J connectivity index is 1.95. The van der Waals surface area contributed by atoms with E-state index < -0.39 is 0 Å². The van der Waals surface area contributed by atoms with Gasteiger partial charge in [0.2, 0.25) is 5.95 Å². The maximum absolute atomic E-state index is 5.33. The maximum atomic E-state index is 5.33. The molecule has 0 aromatic carbocycles. The number of hydrogen-bond acceptors (Lipinski definition) is 5. The predicted octanol–water partition coefficient (Wildman–Crippen LogP) is 1.53. The molecule has 2 heterocycles. The number of unbranched alkanes of at least 4 members (excludes halogenated alkanes) is 1. The van der Waals surface area contributed by atoms with Crippen LogP contribution < -0.4 is 10.2 Å². The lowest BCUT2D eigenvalue weighted by molar-refractivity contribution is 0.122. The molecule has 0 unspecified atom stereocenters. The summed E-state index contributed by atoms with van der Waals surface area (Å²) in [5.41, 5.74) is 0. The Hall–Kier alpha value is -1.36. The fourth-order valence-electron chi connectivity index (χ4n) is 1.78. The SMILES string of the molecule is CCCCNc1nccc(N2CCOCC2)n1. The van der Waals surface area contributed by atoms with Crippen LogP contribution >= 0.6 is 0 Å². The minimum Gasteiger partial charge on any atom is -0.378 e. The number of hydrogen-bond donors (Lipinski definition) is 1. The van der Waals surface area contributed by atoms with Crippen molar-refractivity contribution in [2.45, 2.75) is 19.8 Å². The lowest BCUT2D eigenvalue weighted by Gasteiger charge is -2.27. The van der Waals surface area contributed by atoms with Gasteiger partial charge in [0.1, 0.15) is 5.82 Å². The first-order valence-electron chi connectivity index (χ1n) is 6.30. The first-order valence-corrected chi connectivity index (χ1v) is 6.30. The molecule has 0 spiro atoms. The van der Waals surface area contributed by atoms with Crippen LogP contribution in [0.3, 0.4) is 0 Å². The van der Waals surface area contributed by atoms with Crippen LogP contribution in [0.4, 0.5) is 11.8 Å². The summed E-state index contributed by atoms with van der Waals surface area (Å²) in [6, 6.07) is 1.95. The fourth-order valence-corrected chi connectivity index (χ4v) is 1.78. The van der Waals surface area contributed by atoms with Crippen LogP contribution in [-0.2, 0) is 4.74 Å². The van der Waals surface area contributed by atoms with Crippen LogP contribution in [0.25, 0.3) is 0 Å². The van der Waals surface area contributed by atoms with Gasteiger partial charge < -0.3 is 15.0 Å². The molecule has 1 N–H and O–H groups in total. The lowest BCUT2D eigenvalue weighted by atomic mass is 10.3. The third-order valence-electron chi connectivity index (χ3n) is 2.79. The van der Waals surface area contributed by atoms with Gasteiger partial charge in [-0.05, 0) is 12.5 Å². The van der Waals surface area contributed by atoms with Crippen LogP contribution in [0, 0.1) is 0 Å². The van der Waals surface area contributed by atoms with Gasteiger partial charge in [-0.15, -0.1) is 0 Å². The summed E-state index contributed by atoms with van der Waals surface area (Å²) in [6.45, 7) is 6.48. The van der Waals surface area contributed by atoms with E-state index in [0.717, 1.165) is 51.0 Å². The molecule has 1 fully saturated rings. The van der Waals surface area contributed by atoms with E-state index in [9.17, 15) is 0 Å². The molecule has 0 atom stereocenters. The van der Waals surface area contributed by atoms with Gasteiger partial charge in [0.05, 0.1) is 13.2 Å². The standard InChI is InChI=1S/C12H20N4O/c1-2-3-5-13-12-14-6-4-11(15-12)16-7-9-17-10-8-16/h4,6H,2-3,5,7-10H2,1H3,(H,13,14,15). The number of rotatable bonds is 5. The van der Waals surface area contributed by atoms with Crippen molar-refractivity contribution < 1.29 is 4.74 Å². The summed E-state index contributed by atoms with van der Waals surface area (Å²) in [5, 5.41) is 3.24. The van der Waals surface area contributed by atoms with Crippen molar-refractivity contribution in [3.05, 3.63) is 12.3 Å². The molecule has 5 heteroatoms. The first kappa shape index (κ1) is 12.1. The van der Waals surface area contributed by atoms with Crippen molar-refractivity contribution >= 4 is 11.8 Å². The minimum atomic E-state index is 0.724. The largest absolute Gasteiger partial charge is 0.378 e. The van der Waals surface area contributed by atoms with Crippen molar-refractivity contribution in [1.29, 1.82) is 0 Å². The van der Waals surface area contributed by atoms with E-state index >= 15 is 0 Å². The van der Waals surface area contributed by atoms with E-state index in [0.29, 0.717) is 0 Å². The third kappa shape index (κ3) is 3.56. The van der Waals surface area contributed by atoms with Crippen LogP contribution in [-0.4, -0.2) is 42.8 Å². The molecule has 0 radical (unpaired) electrons. The Labute approximate surface area is 102 Å². The van der Waals surface area contributed by atoms with Gasteiger partial charge in [0, 0.05) is 25.8 Å². The summed E-state index contributed by atoms with van der Waals surface area (Å²) >= 11 is 0. The summed E-state index contributed by atoms with van der Waals surface area (Å²) in [4.78, 5) is 11.0. The van der Waals surface area contributed by atoms with E-state index in [-0.39, 0.29) is 0 Å². The average Bonchev–Trinajstić information content (AvgIpc) is 2.41. The van der Waals surface area contributed by atoms with Crippen molar-refractivity contribution in [3.8, 4) is 0 Å². The predicted molar refractivity (Wildman–Crippen MR) is 68.5 cm³/mol. The Morgan fingerprint density at radius 3 is 3.00 bits per heavy atom. The molecule has 2 rings (SSSR count). The molecule has 0 amide bonds. The second-order valence-electron chi connectivity index (χ2n) is 4.12. The number of nitrogens with one attached hydrogen (secondary N) is 1. The molecular formula is C12H20N4O. The Bertz CT molecular complexity index is 339. The number of morpholine rings is 1. The quantitative estimate of drug-likeness (QED) is 0.786. The molecule has 1 aliphatic heterocycles. The zero-order valence-electron chi connectivity index (χ0n) is 10.4. The van der Waals surface area contributed by atoms with E-state index in [1.807, 2.05) is 12.3 Å². The Kier molecular flexibility index (Phi) is 4.55. The summed E-state index contributed by atoms with van der Waals surface area (Å²) in [7, 11) is 0. The maximum Gasteiger partial charge on any atom is 0.224 e. The highest BCUT2D eigenvalue weighted by molar-refractivity contribution is 5.42. The van der Waals surface area contributed by atoms with Crippen molar-refractivity contribution in [2.24, 2.45) is 0 Å². The molecular weight excluding hydrogens is 216 g/mol. The highest BCUT2D eigenvalue weighted by atomic mass is 16.5. The van der Waals surface area contributed by atoms with Crippen LogP contribution in [0.1, 0.15) is 19.8 Å². The van der Waals surface area contributed by atoms with Gasteiger partial charge in [-0.3, -0.25) is 0 Å². The molecule has 0 aliphatic carbocycles. The minimum absolute atomic E-state index is 0.724. The number of nitrogens with zero attached hydrogens (tertiary/aromatic N) is 3. The van der Waals surface area contributed by atoms with Gasteiger partial charge in [-0.2, -0.15) is 4.98 Å². The molecule has 5 nitrogen and oxygen atoms in total. The van der Waals surface area contributed by atoms with E-state index in [1.165, 1.54) is 6.42 Å². The summed E-state index contributed by atoms with van der Waals surface area (Å²) in [6.07, 6.45) is 4.13. The zero-order chi connectivity index (χ0) is 11.9. The molecule has 1 saturated heterocycles. The number of ether oxygens (including phenoxy) is 1. The third-order valence-corrected chi connectivity index (χ3v) is 2.79. The zero-order valence-corrected chi connectivity index (χ0v) is 10.4. The monoisotopic (exact) mass is 236 g/mol. The normalized spacial score (nSPS) is 15.9. The van der Waals surface area contributed by atoms with Crippen LogP contribution in [0.15, 0.2) is 12.3 Å². The molecule has 1 aromatic rings. The smallest absolute Gasteiger partial charge is 0.224 e. The topological polar surface area (TPSA) is 50.3 Å².